The van der Waals surface area contributed by atoms with Crippen molar-refractivity contribution in [3.63, 3.8) is 0 Å². The normalized spacial score (nSPS) is 10.9. The van der Waals surface area contributed by atoms with Crippen LogP contribution in [-0.4, -0.2) is 20.4 Å². The Morgan fingerprint density at radius 2 is 1.92 bits per heavy atom. The van der Waals surface area contributed by atoms with E-state index in [0.29, 0.717) is 28.5 Å². The Balaban J connectivity index is 1.71. The first-order chi connectivity index (χ1) is 11.7. The van der Waals surface area contributed by atoms with Gasteiger partial charge in [-0.25, -0.2) is 4.98 Å². The molecule has 6 nitrogen and oxygen atoms in total. The molecule has 0 aliphatic carbocycles. The molecule has 0 spiro atoms. The van der Waals surface area contributed by atoms with Crippen molar-refractivity contribution < 1.29 is 9.32 Å². The van der Waals surface area contributed by atoms with Crippen molar-refractivity contribution in [2.24, 2.45) is 0 Å². The molecule has 1 amide bonds. The fourth-order valence-electron chi connectivity index (χ4n) is 2.59. The molecule has 6 heteroatoms. The Labute approximate surface area is 137 Å². The predicted octanol–water partition coefficient (Wildman–Crippen LogP) is 3.55. The lowest BCUT2D eigenvalue weighted by Gasteiger charge is -2.06. The van der Waals surface area contributed by atoms with Crippen molar-refractivity contribution in [1.82, 2.24) is 14.5 Å². The topological polar surface area (TPSA) is 72.4 Å². The molecule has 0 aliphatic rings. The summed E-state index contributed by atoms with van der Waals surface area (Å²) < 4.78 is 7.01. The minimum absolute atomic E-state index is 0.266. The van der Waals surface area contributed by atoms with E-state index in [-0.39, 0.29) is 5.91 Å². The second-order valence-electron chi connectivity index (χ2n) is 5.35. The Morgan fingerprint density at radius 1 is 1.12 bits per heavy atom. The number of benzene rings is 1. The number of carbonyl (C=O) groups excluding carboxylic acids is 1. The average Bonchev–Trinajstić information content (AvgIpc) is 3.20. The van der Waals surface area contributed by atoms with Crippen LogP contribution in [0.1, 0.15) is 16.2 Å². The highest BCUT2D eigenvalue weighted by atomic mass is 16.5. The number of rotatable bonds is 3. The van der Waals surface area contributed by atoms with Crippen molar-refractivity contribution in [3.8, 4) is 11.3 Å². The quantitative estimate of drug-likeness (QED) is 0.627. The van der Waals surface area contributed by atoms with Gasteiger partial charge in [-0.1, -0.05) is 41.6 Å². The predicted molar refractivity (Wildman–Crippen MR) is 89.8 cm³/mol. The number of aromatic nitrogens is 3. The number of hydrogen-bond acceptors (Lipinski definition) is 4. The van der Waals surface area contributed by atoms with Crippen LogP contribution in [0.4, 0.5) is 5.69 Å². The third kappa shape index (κ3) is 2.34. The Kier molecular flexibility index (Phi) is 3.35. The van der Waals surface area contributed by atoms with E-state index in [9.17, 15) is 4.79 Å². The molecule has 4 rings (SSSR count). The molecule has 3 aromatic heterocycles. The first-order valence-corrected chi connectivity index (χ1v) is 7.49. The van der Waals surface area contributed by atoms with Crippen molar-refractivity contribution in [2.45, 2.75) is 6.92 Å². The third-order valence-corrected chi connectivity index (χ3v) is 3.80. The van der Waals surface area contributed by atoms with Crippen LogP contribution in [-0.2, 0) is 0 Å². The van der Waals surface area contributed by atoms with Gasteiger partial charge in [0.1, 0.15) is 22.7 Å². The summed E-state index contributed by atoms with van der Waals surface area (Å²) in [6.07, 6.45) is 3.35. The number of carbonyl (C=O) groups is 1. The molecule has 0 unspecified atom stereocenters. The molecule has 1 N–H and O–H groups in total. The van der Waals surface area contributed by atoms with Crippen molar-refractivity contribution in [1.29, 1.82) is 0 Å². The Hall–Kier alpha value is -3.41. The van der Waals surface area contributed by atoms with Crippen LogP contribution < -0.4 is 5.32 Å². The first-order valence-electron chi connectivity index (χ1n) is 7.49. The van der Waals surface area contributed by atoms with E-state index in [1.165, 1.54) is 0 Å². The second-order valence-corrected chi connectivity index (χ2v) is 5.35. The van der Waals surface area contributed by atoms with Crippen molar-refractivity contribution in [2.75, 3.05) is 5.32 Å². The zero-order valence-corrected chi connectivity index (χ0v) is 12.9. The molecule has 0 bridgehead atoms. The van der Waals surface area contributed by atoms with Crippen LogP contribution in [0.2, 0.25) is 0 Å². The number of imidazole rings is 1. The maximum absolute atomic E-state index is 12.7. The number of hydrogen-bond donors (Lipinski definition) is 1. The van der Waals surface area contributed by atoms with E-state index in [1.807, 2.05) is 48.5 Å². The van der Waals surface area contributed by atoms with Crippen LogP contribution in [0, 0.1) is 6.92 Å². The maximum Gasteiger partial charge on any atom is 0.274 e. The minimum atomic E-state index is -0.266. The zero-order chi connectivity index (χ0) is 16.5. The van der Waals surface area contributed by atoms with Gasteiger partial charge in [0.2, 0.25) is 0 Å². The van der Waals surface area contributed by atoms with E-state index < -0.39 is 0 Å². The fourth-order valence-corrected chi connectivity index (χ4v) is 2.59. The van der Waals surface area contributed by atoms with E-state index >= 15 is 0 Å². The monoisotopic (exact) mass is 318 g/mol. The average molecular weight is 318 g/mol. The molecule has 0 aliphatic heterocycles. The van der Waals surface area contributed by atoms with E-state index in [0.717, 1.165) is 5.56 Å². The molecule has 118 valence electrons. The molecule has 3 heterocycles. The Morgan fingerprint density at radius 3 is 2.75 bits per heavy atom. The van der Waals surface area contributed by atoms with Crippen LogP contribution >= 0.6 is 0 Å². The molecule has 0 atom stereocenters. The van der Waals surface area contributed by atoms with Crippen LogP contribution in [0.3, 0.4) is 0 Å². The summed E-state index contributed by atoms with van der Waals surface area (Å²) >= 11 is 0. The molecule has 0 saturated carbocycles. The molecule has 1 aromatic carbocycles. The summed E-state index contributed by atoms with van der Waals surface area (Å²) in [6, 6.07) is 15.2. The summed E-state index contributed by atoms with van der Waals surface area (Å²) in [4.78, 5) is 16.9. The fraction of sp³-hybridized carbons (Fsp3) is 0.0556. The smallest absolute Gasteiger partial charge is 0.274 e. The van der Waals surface area contributed by atoms with Gasteiger partial charge in [-0.05, 0) is 19.1 Å². The van der Waals surface area contributed by atoms with Gasteiger partial charge < -0.3 is 9.84 Å². The van der Waals surface area contributed by atoms with Gasteiger partial charge in [0.05, 0.1) is 6.20 Å². The van der Waals surface area contributed by atoms with Crippen LogP contribution in [0.15, 0.2) is 65.4 Å². The molecule has 0 radical (unpaired) electrons. The van der Waals surface area contributed by atoms with Gasteiger partial charge >= 0.3 is 0 Å². The van der Waals surface area contributed by atoms with Crippen LogP contribution in [0.25, 0.3) is 16.9 Å². The third-order valence-electron chi connectivity index (χ3n) is 3.80. The molecular formula is C18H14N4O2. The van der Waals surface area contributed by atoms with E-state index in [1.54, 1.807) is 23.7 Å². The zero-order valence-electron chi connectivity index (χ0n) is 12.9. The SMILES string of the molecule is Cc1onc(-c2ccccc2)c1NC(=O)c1cnc2ccccn12. The Bertz CT molecular complexity index is 1020. The molecule has 24 heavy (non-hydrogen) atoms. The van der Waals surface area contributed by atoms with Crippen molar-refractivity contribution >= 4 is 17.2 Å². The second kappa shape index (κ2) is 5.66. The number of fused-ring (bicyclic) bond motifs is 1. The van der Waals surface area contributed by atoms with Crippen molar-refractivity contribution in [3.05, 3.63) is 72.4 Å². The largest absolute Gasteiger partial charge is 0.359 e. The van der Waals surface area contributed by atoms with E-state index in [4.69, 9.17) is 4.52 Å². The molecular weight excluding hydrogens is 304 g/mol. The number of nitrogens with one attached hydrogen (secondary N) is 1. The number of anilines is 1. The van der Waals surface area contributed by atoms with Gasteiger partial charge in [-0.15, -0.1) is 0 Å². The lowest BCUT2D eigenvalue weighted by Crippen LogP contribution is -2.15. The summed E-state index contributed by atoms with van der Waals surface area (Å²) in [5, 5.41) is 6.97. The number of nitrogens with zero attached hydrogens (tertiary/aromatic N) is 3. The molecule has 4 aromatic rings. The van der Waals surface area contributed by atoms with Gasteiger partial charge in [0, 0.05) is 11.8 Å². The highest BCUT2D eigenvalue weighted by molar-refractivity contribution is 6.05. The van der Waals surface area contributed by atoms with E-state index in [2.05, 4.69) is 15.5 Å². The van der Waals surface area contributed by atoms with Gasteiger partial charge in [-0.2, -0.15) is 0 Å². The van der Waals surface area contributed by atoms with Gasteiger partial charge in [0.15, 0.2) is 5.76 Å². The summed E-state index contributed by atoms with van der Waals surface area (Å²) in [7, 11) is 0. The molecule has 0 saturated heterocycles. The number of aryl methyl sites for hydroxylation is 1. The summed E-state index contributed by atoms with van der Waals surface area (Å²) in [6.45, 7) is 1.77. The molecule has 0 fully saturated rings. The lowest BCUT2D eigenvalue weighted by atomic mass is 10.1. The summed E-state index contributed by atoms with van der Waals surface area (Å²) in [5.41, 5.74) is 3.22. The highest BCUT2D eigenvalue weighted by Crippen LogP contribution is 2.30. The minimum Gasteiger partial charge on any atom is -0.359 e. The van der Waals surface area contributed by atoms with Gasteiger partial charge in [0.25, 0.3) is 5.91 Å². The van der Waals surface area contributed by atoms with Gasteiger partial charge in [-0.3, -0.25) is 9.20 Å². The summed E-state index contributed by atoms with van der Waals surface area (Å²) in [5.74, 6) is 0.285. The number of amides is 1. The lowest BCUT2D eigenvalue weighted by molar-refractivity contribution is 0.102. The first kappa shape index (κ1) is 14.2. The highest BCUT2D eigenvalue weighted by Gasteiger charge is 2.19. The maximum atomic E-state index is 12.7. The number of pyridine rings is 1. The van der Waals surface area contributed by atoms with Crippen LogP contribution in [0.5, 0.6) is 0 Å². The standard InChI is InChI=1S/C18H14N4O2/c1-12-16(17(21-24-12)13-7-3-2-4-8-13)20-18(23)14-11-19-15-9-5-6-10-22(14)15/h2-11H,1H3,(H,20,23).